The summed E-state index contributed by atoms with van der Waals surface area (Å²) in [6.45, 7) is 0. The van der Waals surface area contributed by atoms with E-state index in [1.54, 1.807) is 0 Å². The summed E-state index contributed by atoms with van der Waals surface area (Å²) in [5, 5.41) is 1.14. The molecular weight excluding hydrogens is 412 g/mol. The molecule has 0 spiro atoms. The Morgan fingerprint density at radius 1 is 0.382 bits per heavy atom. The van der Waals surface area contributed by atoms with Gasteiger partial charge in [-0.2, -0.15) is 0 Å². The smallest absolute Gasteiger partial charge is 0.0708 e. The van der Waals surface area contributed by atoms with Gasteiger partial charge in [-0.3, -0.25) is 9.97 Å². The molecule has 2 heterocycles. The molecule has 0 bridgehead atoms. The molecule has 0 N–H and O–H groups in total. The molecule has 2 heteroatoms. The van der Waals surface area contributed by atoms with Crippen LogP contribution in [0.5, 0.6) is 0 Å². The zero-order valence-electron chi connectivity index (χ0n) is 18.6. The lowest BCUT2D eigenvalue weighted by Gasteiger charge is -2.08. The van der Waals surface area contributed by atoms with Gasteiger partial charge in [-0.25, -0.2) is 0 Å². The molecule has 2 aromatic heterocycles. The SMILES string of the molecule is c1ccc(-c2ccc(-c3ccc4cc(-c5ccc(-c6ccccn6)cc5)cnc4c3)cc2)cc1. The Morgan fingerprint density at radius 3 is 1.68 bits per heavy atom. The van der Waals surface area contributed by atoms with Gasteiger partial charge in [0.2, 0.25) is 0 Å². The van der Waals surface area contributed by atoms with Crippen LogP contribution in [0.15, 0.2) is 134 Å². The van der Waals surface area contributed by atoms with E-state index in [-0.39, 0.29) is 0 Å². The molecule has 2 nitrogen and oxygen atoms in total. The van der Waals surface area contributed by atoms with Gasteiger partial charge in [0.05, 0.1) is 11.2 Å². The van der Waals surface area contributed by atoms with E-state index >= 15 is 0 Å². The highest BCUT2D eigenvalue weighted by Crippen LogP contribution is 2.29. The van der Waals surface area contributed by atoms with Crippen molar-refractivity contribution in [3.8, 4) is 44.6 Å². The number of nitrogens with zero attached hydrogens (tertiary/aromatic N) is 2. The molecule has 0 atom stereocenters. The van der Waals surface area contributed by atoms with Gasteiger partial charge in [-0.1, -0.05) is 97.1 Å². The first kappa shape index (κ1) is 20.1. The van der Waals surface area contributed by atoms with Crippen molar-refractivity contribution in [1.82, 2.24) is 9.97 Å². The van der Waals surface area contributed by atoms with Gasteiger partial charge >= 0.3 is 0 Å². The minimum Gasteiger partial charge on any atom is -0.256 e. The zero-order chi connectivity index (χ0) is 22.7. The Kier molecular flexibility index (Phi) is 5.17. The highest BCUT2D eigenvalue weighted by molar-refractivity contribution is 5.88. The summed E-state index contributed by atoms with van der Waals surface area (Å²) < 4.78 is 0. The first-order chi connectivity index (χ1) is 16.8. The number of hydrogen-bond donors (Lipinski definition) is 0. The summed E-state index contributed by atoms with van der Waals surface area (Å²) >= 11 is 0. The van der Waals surface area contributed by atoms with Crippen LogP contribution in [0.25, 0.3) is 55.5 Å². The molecule has 34 heavy (non-hydrogen) atoms. The number of benzene rings is 4. The average Bonchev–Trinajstić information content (AvgIpc) is 2.94. The van der Waals surface area contributed by atoms with Crippen molar-refractivity contribution in [3.63, 3.8) is 0 Å². The van der Waals surface area contributed by atoms with E-state index in [0.717, 1.165) is 33.3 Å². The molecule has 0 saturated carbocycles. The van der Waals surface area contributed by atoms with Gasteiger partial charge < -0.3 is 0 Å². The van der Waals surface area contributed by atoms with Gasteiger partial charge in [0.15, 0.2) is 0 Å². The second-order valence-electron chi connectivity index (χ2n) is 8.37. The third-order valence-electron chi connectivity index (χ3n) is 6.19. The molecule has 0 radical (unpaired) electrons. The Hall–Kier alpha value is -4.56. The van der Waals surface area contributed by atoms with Crippen molar-refractivity contribution in [1.29, 1.82) is 0 Å². The maximum absolute atomic E-state index is 4.78. The normalized spacial score (nSPS) is 10.9. The average molecular weight is 435 g/mol. The van der Waals surface area contributed by atoms with Gasteiger partial charge in [0.25, 0.3) is 0 Å². The summed E-state index contributed by atoms with van der Waals surface area (Å²) in [4.78, 5) is 9.21. The summed E-state index contributed by atoms with van der Waals surface area (Å²) in [5.41, 5.74) is 10.2. The largest absolute Gasteiger partial charge is 0.256 e. The van der Waals surface area contributed by atoms with Gasteiger partial charge in [0.1, 0.15) is 0 Å². The topological polar surface area (TPSA) is 25.8 Å². The Labute approximate surface area is 199 Å². The molecule has 160 valence electrons. The predicted molar refractivity (Wildman–Crippen MR) is 141 cm³/mol. The summed E-state index contributed by atoms with van der Waals surface area (Å²) in [5.74, 6) is 0. The number of aromatic nitrogens is 2. The highest BCUT2D eigenvalue weighted by atomic mass is 14.7. The second kappa shape index (κ2) is 8.76. The molecule has 0 aliphatic carbocycles. The van der Waals surface area contributed by atoms with Crippen molar-refractivity contribution in [2.75, 3.05) is 0 Å². The first-order valence-corrected chi connectivity index (χ1v) is 11.4. The molecule has 6 rings (SSSR count). The van der Waals surface area contributed by atoms with E-state index in [0.29, 0.717) is 0 Å². The standard InChI is InChI=1S/C32H22N2/c1-2-6-23(7-3-1)24-9-11-25(12-10-24)28-17-18-29-20-30(22-34-32(29)21-28)26-13-15-27(16-14-26)31-8-4-5-19-33-31/h1-22H. The van der Waals surface area contributed by atoms with Crippen LogP contribution in [-0.2, 0) is 0 Å². The lowest BCUT2D eigenvalue weighted by atomic mass is 9.98. The molecule has 0 amide bonds. The number of pyridine rings is 2. The quantitative estimate of drug-likeness (QED) is 0.279. The first-order valence-electron chi connectivity index (χ1n) is 11.4. The van der Waals surface area contributed by atoms with E-state index in [1.165, 1.54) is 22.3 Å². The Morgan fingerprint density at radius 2 is 0.971 bits per heavy atom. The number of rotatable bonds is 4. The molecule has 4 aromatic carbocycles. The number of fused-ring (bicyclic) bond motifs is 1. The van der Waals surface area contributed by atoms with Crippen LogP contribution in [0.2, 0.25) is 0 Å². The molecule has 0 saturated heterocycles. The summed E-state index contributed by atoms with van der Waals surface area (Å²) in [6.07, 6.45) is 3.78. The lowest BCUT2D eigenvalue weighted by Crippen LogP contribution is -1.86. The van der Waals surface area contributed by atoms with Crippen LogP contribution in [0.4, 0.5) is 0 Å². The fourth-order valence-electron chi connectivity index (χ4n) is 4.31. The van der Waals surface area contributed by atoms with Crippen molar-refractivity contribution in [2.45, 2.75) is 0 Å². The van der Waals surface area contributed by atoms with Crippen LogP contribution in [0.1, 0.15) is 0 Å². The van der Waals surface area contributed by atoms with Gasteiger partial charge in [-0.15, -0.1) is 0 Å². The van der Waals surface area contributed by atoms with Crippen molar-refractivity contribution < 1.29 is 0 Å². The Balaban J connectivity index is 1.27. The van der Waals surface area contributed by atoms with E-state index in [4.69, 9.17) is 4.98 Å². The second-order valence-corrected chi connectivity index (χ2v) is 8.37. The minimum atomic E-state index is 0.981. The molecule has 0 unspecified atom stereocenters. The van der Waals surface area contributed by atoms with Crippen LogP contribution in [0, 0.1) is 0 Å². The minimum absolute atomic E-state index is 0.981. The summed E-state index contributed by atoms with van der Waals surface area (Å²) in [6, 6.07) is 42.4. The predicted octanol–water partition coefficient (Wildman–Crippen LogP) is 8.30. The van der Waals surface area contributed by atoms with Crippen LogP contribution in [-0.4, -0.2) is 9.97 Å². The molecule has 6 aromatic rings. The molecule has 0 aliphatic heterocycles. The number of hydrogen-bond acceptors (Lipinski definition) is 2. The van der Waals surface area contributed by atoms with Gasteiger partial charge in [-0.05, 0) is 52.1 Å². The van der Waals surface area contributed by atoms with Crippen molar-refractivity contribution in [2.24, 2.45) is 0 Å². The van der Waals surface area contributed by atoms with Crippen molar-refractivity contribution >= 4 is 10.9 Å². The van der Waals surface area contributed by atoms with Gasteiger partial charge in [0, 0.05) is 28.9 Å². The van der Waals surface area contributed by atoms with Crippen LogP contribution >= 0.6 is 0 Å². The van der Waals surface area contributed by atoms with Crippen LogP contribution in [0.3, 0.4) is 0 Å². The highest BCUT2D eigenvalue weighted by Gasteiger charge is 2.06. The molecule has 0 fully saturated rings. The third-order valence-corrected chi connectivity index (χ3v) is 6.19. The lowest BCUT2D eigenvalue weighted by molar-refractivity contribution is 1.33. The van der Waals surface area contributed by atoms with E-state index in [9.17, 15) is 0 Å². The van der Waals surface area contributed by atoms with E-state index < -0.39 is 0 Å². The monoisotopic (exact) mass is 434 g/mol. The maximum Gasteiger partial charge on any atom is 0.0708 e. The fourth-order valence-corrected chi connectivity index (χ4v) is 4.31. The van der Waals surface area contributed by atoms with Crippen LogP contribution < -0.4 is 0 Å². The summed E-state index contributed by atoms with van der Waals surface area (Å²) in [7, 11) is 0. The van der Waals surface area contributed by atoms with Crippen molar-refractivity contribution in [3.05, 3.63) is 134 Å². The van der Waals surface area contributed by atoms with E-state index in [2.05, 4.69) is 102 Å². The molecule has 0 aliphatic rings. The fraction of sp³-hybridized carbons (Fsp3) is 0. The molecular formula is C32H22N2. The Bertz CT molecular complexity index is 1430. The van der Waals surface area contributed by atoms with E-state index in [1.807, 2.05) is 36.7 Å². The zero-order valence-corrected chi connectivity index (χ0v) is 18.6. The third kappa shape index (κ3) is 3.98. The maximum atomic E-state index is 4.78.